The SMILES string of the molecule is COc1ccc(-n2nc(C(N)=O)c(CCN(C=O)c3ccc(N(C)CCCCC=O)cc3)c2C)cc1. The minimum atomic E-state index is -0.612. The second-order valence-corrected chi connectivity index (χ2v) is 8.54. The lowest BCUT2D eigenvalue weighted by Crippen LogP contribution is -2.25. The number of hydrogen-bond donors (Lipinski definition) is 1. The van der Waals surface area contributed by atoms with Gasteiger partial charge in [0.1, 0.15) is 12.0 Å². The molecule has 0 saturated heterocycles. The summed E-state index contributed by atoms with van der Waals surface area (Å²) in [5.41, 5.74) is 9.87. The van der Waals surface area contributed by atoms with E-state index in [0.29, 0.717) is 24.9 Å². The highest BCUT2D eigenvalue weighted by Gasteiger charge is 2.20. The van der Waals surface area contributed by atoms with Crippen molar-refractivity contribution < 1.29 is 19.1 Å². The van der Waals surface area contributed by atoms with Gasteiger partial charge in [0.2, 0.25) is 6.41 Å². The van der Waals surface area contributed by atoms with E-state index in [0.717, 1.165) is 60.6 Å². The normalized spacial score (nSPS) is 10.6. The first-order valence-electron chi connectivity index (χ1n) is 11.9. The molecule has 190 valence electrons. The summed E-state index contributed by atoms with van der Waals surface area (Å²) in [6, 6.07) is 15.1. The molecule has 0 saturated carbocycles. The Labute approximate surface area is 211 Å². The van der Waals surface area contributed by atoms with Crippen LogP contribution in [0, 0.1) is 6.92 Å². The predicted octanol–water partition coefficient (Wildman–Crippen LogP) is 3.30. The maximum atomic E-state index is 12.1. The molecule has 0 radical (unpaired) electrons. The maximum absolute atomic E-state index is 12.1. The van der Waals surface area contributed by atoms with E-state index in [1.807, 2.05) is 62.5 Å². The summed E-state index contributed by atoms with van der Waals surface area (Å²) in [5.74, 6) is 0.106. The van der Waals surface area contributed by atoms with Gasteiger partial charge in [0, 0.05) is 49.2 Å². The first kappa shape index (κ1) is 26.5. The Morgan fingerprint density at radius 2 is 1.69 bits per heavy atom. The summed E-state index contributed by atoms with van der Waals surface area (Å²) in [6.07, 6.45) is 4.52. The average Bonchev–Trinajstić information content (AvgIpc) is 3.23. The third kappa shape index (κ3) is 6.29. The molecular weight excluding hydrogens is 458 g/mol. The van der Waals surface area contributed by atoms with Crippen molar-refractivity contribution in [2.24, 2.45) is 5.73 Å². The van der Waals surface area contributed by atoms with Crippen molar-refractivity contribution in [2.75, 3.05) is 37.0 Å². The van der Waals surface area contributed by atoms with Crippen LogP contribution in [-0.2, 0) is 16.0 Å². The molecule has 1 heterocycles. The van der Waals surface area contributed by atoms with Gasteiger partial charge in [-0.3, -0.25) is 9.59 Å². The Kier molecular flexibility index (Phi) is 9.21. The molecule has 9 nitrogen and oxygen atoms in total. The van der Waals surface area contributed by atoms with Crippen LogP contribution in [0.5, 0.6) is 5.75 Å². The zero-order valence-electron chi connectivity index (χ0n) is 21.0. The van der Waals surface area contributed by atoms with Gasteiger partial charge in [-0.05, 0) is 74.7 Å². The zero-order chi connectivity index (χ0) is 26.1. The predicted molar refractivity (Wildman–Crippen MR) is 140 cm³/mol. The number of benzene rings is 2. The van der Waals surface area contributed by atoms with Crippen molar-refractivity contribution in [3.8, 4) is 11.4 Å². The summed E-state index contributed by atoms with van der Waals surface area (Å²) >= 11 is 0. The number of nitrogens with two attached hydrogens (primary N) is 1. The molecule has 36 heavy (non-hydrogen) atoms. The molecule has 9 heteroatoms. The molecule has 0 unspecified atom stereocenters. The Hall–Kier alpha value is -4.14. The molecule has 1 aromatic heterocycles. The lowest BCUT2D eigenvalue weighted by Gasteiger charge is -2.22. The van der Waals surface area contributed by atoms with Crippen LogP contribution in [0.25, 0.3) is 5.69 Å². The molecule has 0 spiro atoms. The first-order chi connectivity index (χ1) is 17.4. The summed E-state index contributed by atoms with van der Waals surface area (Å²) in [6.45, 7) is 3.09. The van der Waals surface area contributed by atoms with Gasteiger partial charge in [0.05, 0.1) is 12.8 Å². The van der Waals surface area contributed by atoms with Gasteiger partial charge in [-0.25, -0.2) is 4.68 Å². The molecule has 2 amide bonds. The van der Waals surface area contributed by atoms with Gasteiger partial charge >= 0.3 is 0 Å². The van der Waals surface area contributed by atoms with Crippen LogP contribution in [0.4, 0.5) is 11.4 Å². The third-order valence-electron chi connectivity index (χ3n) is 6.21. The molecule has 3 rings (SSSR count). The number of anilines is 2. The number of carbonyl (C=O) groups is 3. The molecule has 0 aliphatic heterocycles. The first-order valence-corrected chi connectivity index (χ1v) is 11.9. The van der Waals surface area contributed by atoms with Crippen molar-refractivity contribution in [3.05, 3.63) is 65.5 Å². The third-order valence-corrected chi connectivity index (χ3v) is 6.21. The average molecular weight is 492 g/mol. The number of ether oxygens (including phenoxy) is 1. The zero-order valence-corrected chi connectivity index (χ0v) is 21.0. The van der Waals surface area contributed by atoms with Gasteiger partial charge in [-0.1, -0.05) is 0 Å². The molecular formula is C27H33N5O4. The lowest BCUT2D eigenvalue weighted by molar-refractivity contribution is -0.108. The fourth-order valence-corrected chi connectivity index (χ4v) is 4.09. The van der Waals surface area contributed by atoms with Crippen LogP contribution in [0.1, 0.15) is 41.0 Å². The topological polar surface area (TPSA) is 111 Å². The smallest absolute Gasteiger partial charge is 0.269 e. The summed E-state index contributed by atoms with van der Waals surface area (Å²) < 4.78 is 6.89. The lowest BCUT2D eigenvalue weighted by atomic mass is 10.1. The number of unbranched alkanes of at least 4 members (excludes halogenated alkanes) is 2. The van der Waals surface area contributed by atoms with Gasteiger partial charge < -0.3 is 25.1 Å². The van der Waals surface area contributed by atoms with Crippen LogP contribution in [0.3, 0.4) is 0 Å². The fraction of sp³-hybridized carbons (Fsp3) is 0.333. The van der Waals surface area contributed by atoms with E-state index >= 15 is 0 Å². The van der Waals surface area contributed by atoms with Crippen LogP contribution in [0.15, 0.2) is 48.5 Å². The van der Waals surface area contributed by atoms with E-state index in [1.54, 1.807) is 16.7 Å². The summed E-state index contributed by atoms with van der Waals surface area (Å²) in [4.78, 5) is 38.2. The van der Waals surface area contributed by atoms with Gasteiger partial charge in [-0.15, -0.1) is 0 Å². The van der Waals surface area contributed by atoms with Gasteiger partial charge in [-0.2, -0.15) is 5.10 Å². The minimum Gasteiger partial charge on any atom is -0.497 e. The molecule has 0 fully saturated rings. The van der Waals surface area contributed by atoms with Crippen molar-refractivity contribution in [2.45, 2.75) is 32.6 Å². The quantitative estimate of drug-likeness (QED) is 0.274. The summed E-state index contributed by atoms with van der Waals surface area (Å²) in [5, 5.41) is 4.45. The number of nitrogens with zero attached hydrogens (tertiary/aromatic N) is 4. The Morgan fingerprint density at radius 1 is 1.03 bits per heavy atom. The standard InChI is InChI=1S/C27H33N5O4/c1-20-25(26(27(28)35)29-32(20)23-11-13-24(36-3)14-12-23)15-17-31(19-34)22-9-7-21(8-10-22)30(2)16-5-4-6-18-33/h7-14,18-19H,4-6,15-17H2,1-3H3,(H2,28,35). The number of aromatic nitrogens is 2. The molecule has 2 aromatic carbocycles. The number of aldehydes is 1. The summed E-state index contributed by atoms with van der Waals surface area (Å²) in [7, 11) is 3.60. The van der Waals surface area contributed by atoms with E-state index in [-0.39, 0.29) is 5.69 Å². The number of carbonyl (C=O) groups excluding carboxylic acids is 3. The molecule has 0 atom stereocenters. The maximum Gasteiger partial charge on any atom is 0.269 e. The fourth-order valence-electron chi connectivity index (χ4n) is 4.09. The van der Waals surface area contributed by atoms with Crippen molar-refractivity contribution >= 4 is 30.0 Å². The van der Waals surface area contributed by atoms with E-state index < -0.39 is 5.91 Å². The second kappa shape index (κ2) is 12.5. The van der Waals surface area contributed by atoms with Crippen LogP contribution in [-0.4, -0.2) is 55.6 Å². The van der Waals surface area contributed by atoms with Crippen LogP contribution < -0.4 is 20.3 Å². The Bertz CT molecular complexity index is 1170. The highest BCUT2D eigenvalue weighted by molar-refractivity contribution is 5.92. The van der Waals surface area contributed by atoms with E-state index in [1.165, 1.54) is 0 Å². The van der Waals surface area contributed by atoms with Gasteiger partial charge in [0.25, 0.3) is 5.91 Å². The van der Waals surface area contributed by atoms with Crippen LogP contribution >= 0.6 is 0 Å². The Balaban J connectivity index is 1.73. The molecule has 0 bridgehead atoms. The van der Waals surface area contributed by atoms with Gasteiger partial charge in [0.15, 0.2) is 5.69 Å². The monoisotopic (exact) mass is 491 g/mol. The van der Waals surface area contributed by atoms with Crippen molar-refractivity contribution in [1.82, 2.24) is 9.78 Å². The minimum absolute atomic E-state index is 0.195. The Morgan fingerprint density at radius 3 is 2.28 bits per heavy atom. The molecule has 0 aliphatic rings. The highest BCUT2D eigenvalue weighted by Crippen LogP contribution is 2.23. The largest absolute Gasteiger partial charge is 0.497 e. The van der Waals surface area contributed by atoms with Crippen LogP contribution in [0.2, 0.25) is 0 Å². The number of primary amides is 1. The number of amides is 2. The molecule has 0 aliphatic carbocycles. The highest BCUT2D eigenvalue weighted by atomic mass is 16.5. The number of hydrogen-bond acceptors (Lipinski definition) is 6. The van der Waals surface area contributed by atoms with Crippen molar-refractivity contribution in [1.29, 1.82) is 0 Å². The second-order valence-electron chi connectivity index (χ2n) is 8.54. The van der Waals surface area contributed by atoms with Crippen molar-refractivity contribution in [3.63, 3.8) is 0 Å². The van der Waals surface area contributed by atoms with E-state index in [2.05, 4.69) is 10.00 Å². The molecule has 3 aromatic rings. The van der Waals surface area contributed by atoms with E-state index in [4.69, 9.17) is 10.5 Å². The number of rotatable bonds is 14. The molecule has 2 N–H and O–H groups in total. The van der Waals surface area contributed by atoms with E-state index in [9.17, 15) is 14.4 Å². The number of methoxy groups -OCH3 is 1.